The summed E-state index contributed by atoms with van der Waals surface area (Å²) in [4.78, 5) is 2.83. The Balaban J connectivity index is 1.64. The molecule has 0 N–H and O–H groups in total. The maximum Gasteiger partial charge on any atom is 0.0211 e. The maximum absolute atomic E-state index is 2.83. The Kier molecular flexibility index (Phi) is 1.52. The predicted octanol–water partition coefficient (Wildman–Crippen LogP) is 2.41. The molecule has 1 heteroatoms. The lowest BCUT2D eigenvalue weighted by Gasteiger charge is -2.36. The summed E-state index contributed by atoms with van der Waals surface area (Å²) in [6, 6.07) is 0. The van der Waals surface area contributed by atoms with Crippen LogP contribution in [-0.2, 0) is 0 Å². The summed E-state index contributed by atoms with van der Waals surface area (Å²) in [6.07, 6.45) is 10.5. The molecule has 1 heterocycles. The van der Waals surface area contributed by atoms with E-state index in [-0.39, 0.29) is 0 Å². The molecule has 0 bridgehead atoms. The van der Waals surface area contributed by atoms with Crippen LogP contribution < -0.4 is 0 Å². The van der Waals surface area contributed by atoms with E-state index in [0.29, 0.717) is 0 Å². The zero-order valence-electron chi connectivity index (χ0n) is 7.89. The van der Waals surface area contributed by atoms with Crippen LogP contribution in [0.2, 0.25) is 0 Å². The molecule has 0 radical (unpaired) electrons. The first-order valence-corrected chi connectivity index (χ1v) is 5.64. The molecule has 0 unspecified atom stereocenters. The second-order valence-corrected chi connectivity index (χ2v) is 5.07. The largest absolute Gasteiger partial charge is 0.297 e. The van der Waals surface area contributed by atoms with E-state index < -0.39 is 0 Å². The monoisotopic (exact) mass is 165 g/mol. The van der Waals surface area contributed by atoms with Gasteiger partial charge in [-0.2, -0.15) is 0 Å². The van der Waals surface area contributed by atoms with Gasteiger partial charge in [-0.25, -0.2) is 0 Å². The molecule has 1 saturated heterocycles. The first-order valence-electron chi connectivity index (χ1n) is 5.64. The van der Waals surface area contributed by atoms with E-state index in [2.05, 4.69) is 4.90 Å². The zero-order valence-corrected chi connectivity index (χ0v) is 7.89. The molecular weight excluding hydrogens is 146 g/mol. The molecule has 3 rings (SSSR count). The Morgan fingerprint density at radius 3 is 2.58 bits per heavy atom. The van der Waals surface area contributed by atoms with E-state index in [0.717, 1.165) is 11.5 Å². The quantitative estimate of drug-likeness (QED) is 0.607. The van der Waals surface area contributed by atoms with E-state index >= 15 is 0 Å². The Bertz CT molecular complexity index is 179. The fraction of sp³-hybridized carbons (Fsp3) is 1.00. The Labute approximate surface area is 75.1 Å². The summed E-state index contributed by atoms with van der Waals surface area (Å²) < 4.78 is 0. The van der Waals surface area contributed by atoms with Crippen LogP contribution in [0.1, 0.15) is 44.9 Å². The lowest BCUT2D eigenvalue weighted by molar-refractivity contribution is 0.123. The number of piperidine rings is 1. The summed E-state index contributed by atoms with van der Waals surface area (Å²) in [5.74, 6) is 1.10. The molecule has 1 aliphatic heterocycles. The number of hydrogen-bond acceptors (Lipinski definition) is 1. The predicted molar refractivity (Wildman–Crippen MR) is 50.1 cm³/mol. The Morgan fingerprint density at radius 2 is 1.92 bits per heavy atom. The van der Waals surface area contributed by atoms with E-state index in [1.807, 2.05) is 0 Å². The van der Waals surface area contributed by atoms with Gasteiger partial charge in [0.05, 0.1) is 0 Å². The molecule has 2 aliphatic carbocycles. The summed E-state index contributed by atoms with van der Waals surface area (Å²) in [6.45, 7) is 2.86. The van der Waals surface area contributed by atoms with E-state index in [1.165, 1.54) is 58.0 Å². The van der Waals surface area contributed by atoms with Gasteiger partial charge in [-0.1, -0.05) is 6.42 Å². The second kappa shape index (κ2) is 2.47. The minimum atomic E-state index is 0.751. The highest BCUT2D eigenvalue weighted by Crippen LogP contribution is 2.49. The van der Waals surface area contributed by atoms with Crippen LogP contribution in [0.5, 0.6) is 0 Å². The molecule has 0 aromatic heterocycles. The van der Waals surface area contributed by atoms with Gasteiger partial charge >= 0.3 is 0 Å². The van der Waals surface area contributed by atoms with Crippen molar-refractivity contribution in [2.45, 2.75) is 50.5 Å². The second-order valence-electron chi connectivity index (χ2n) is 5.07. The molecule has 0 amide bonds. The lowest BCUT2D eigenvalue weighted by Crippen LogP contribution is -2.42. The fourth-order valence-corrected chi connectivity index (χ4v) is 2.76. The highest BCUT2D eigenvalue weighted by Gasteiger charge is 2.49. The third kappa shape index (κ3) is 1.19. The molecule has 3 fully saturated rings. The standard InChI is InChI=1S/C11H19N/c1-2-8-12(9-10-3-4-10)11(5-1)6-7-11/h10H,1-9H2. The van der Waals surface area contributed by atoms with Gasteiger partial charge < -0.3 is 0 Å². The average Bonchev–Trinajstić information content (AvgIpc) is 2.90. The number of hydrogen-bond donors (Lipinski definition) is 0. The molecule has 2 saturated carbocycles. The first-order chi connectivity index (χ1) is 5.89. The van der Waals surface area contributed by atoms with Gasteiger partial charge in [0, 0.05) is 12.1 Å². The van der Waals surface area contributed by atoms with Crippen molar-refractivity contribution < 1.29 is 0 Å². The van der Waals surface area contributed by atoms with Crippen molar-refractivity contribution in [2.75, 3.05) is 13.1 Å². The first kappa shape index (κ1) is 7.37. The van der Waals surface area contributed by atoms with Crippen LogP contribution in [0.15, 0.2) is 0 Å². The summed E-state index contributed by atoms with van der Waals surface area (Å²) >= 11 is 0. The average molecular weight is 165 g/mol. The Hall–Kier alpha value is -0.0400. The summed E-state index contributed by atoms with van der Waals surface area (Å²) in [5.41, 5.74) is 0.751. The highest BCUT2D eigenvalue weighted by atomic mass is 15.2. The van der Waals surface area contributed by atoms with E-state index in [4.69, 9.17) is 0 Å². The van der Waals surface area contributed by atoms with Crippen molar-refractivity contribution in [2.24, 2.45) is 5.92 Å². The third-order valence-electron chi connectivity index (χ3n) is 3.99. The van der Waals surface area contributed by atoms with Crippen molar-refractivity contribution in [3.05, 3.63) is 0 Å². The molecular formula is C11H19N. The maximum atomic E-state index is 2.83. The van der Waals surface area contributed by atoms with Crippen molar-refractivity contribution in [3.63, 3.8) is 0 Å². The van der Waals surface area contributed by atoms with Crippen LogP contribution in [0, 0.1) is 5.92 Å². The van der Waals surface area contributed by atoms with Gasteiger partial charge in [0.1, 0.15) is 0 Å². The summed E-state index contributed by atoms with van der Waals surface area (Å²) in [7, 11) is 0. The van der Waals surface area contributed by atoms with Crippen LogP contribution >= 0.6 is 0 Å². The van der Waals surface area contributed by atoms with Gasteiger partial charge in [-0.15, -0.1) is 0 Å². The van der Waals surface area contributed by atoms with E-state index in [1.54, 1.807) is 0 Å². The number of rotatable bonds is 2. The van der Waals surface area contributed by atoms with Crippen LogP contribution in [-0.4, -0.2) is 23.5 Å². The normalized spacial score (nSPS) is 34.0. The molecule has 0 aromatic rings. The van der Waals surface area contributed by atoms with Gasteiger partial charge in [0.2, 0.25) is 0 Å². The van der Waals surface area contributed by atoms with Crippen molar-refractivity contribution in [3.8, 4) is 0 Å². The van der Waals surface area contributed by atoms with Gasteiger partial charge in [0.15, 0.2) is 0 Å². The molecule has 68 valence electrons. The SMILES string of the molecule is C1CCC2(CC2)N(CC2CC2)C1. The van der Waals surface area contributed by atoms with Gasteiger partial charge in [-0.05, 0) is 51.0 Å². The van der Waals surface area contributed by atoms with Crippen LogP contribution in [0.3, 0.4) is 0 Å². The molecule has 0 atom stereocenters. The van der Waals surface area contributed by atoms with Crippen LogP contribution in [0.4, 0.5) is 0 Å². The summed E-state index contributed by atoms with van der Waals surface area (Å²) in [5, 5.41) is 0. The smallest absolute Gasteiger partial charge is 0.0211 e. The molecule has 3 aliphatic rings. The molecule has 0 aromatic carbocycles. The van der Waals surface area contributed by atoms with Gasteiger partial charge in [-0.3, -0.25) is 4.90 Å². The van der Waals surface area contributed by atoms with E-state index in [9.17, 15) is 0 Å². The fourth-order valence-electron chi connectivity index (χ4n) is 2.76. The lowest BCUT2D eigenvalue weighted by atomic mass is 9.99. The van der Waals surface area contributed by atoms with Gasteiger partial charge in [0.25, 0.3) is 0 Å². The Morgan fingerprint density at radius 1 is 1.08 bits per heavy atom. The minimum Gasteiger partial charge on any atom is -0.297 e. The highest BCUT2D eigenvalue weighted by molar-refractivity contribution is 5.06. The topological polar surface area (TPSA) is 3.24 Å². The minimum absolute atomic E-state index is 0.751. The number of likely N-dealkylation sites (tertiary alicyclic amines) is 1. The number of nitrogens with zero attached hydrogens (tertiary/aromatic N) is 1. The van der Waals surface area contributed by atoms with Crippen LogP contribution in [0.25, 0.3) is 0 Å². The molecule has 1 nitrogen and oxygen atoms in total. The molecule has 12 heavy (non-hydrogen) atoms. The van der Waals surface area contributed by atoms with Crippen molar-refractivity contribution in [1.29, 1.82) is 0 Å². The zero-order chi connectivity index (χ0) is 8.02. The third-order valence-corrected chi connectivity index (χ3v) is 3.99. The van der Waals surface area contributed by atoms with Crippen molar-refractivity contribution in [1.82, 2.24) is 4.90 Å². The molecule has 1 spiro atoms. The van der Waals surface area contributed by atoms with Crippen molar-refractivity contribution >= 4 is 0 Å².